The lowest BCUT2D eigenvalue weighted by Crippen LogP contribution is -1.90. The van der Waals surface area contributed by atoms with Gasteiger partial charge >= 0.3 is 0 Å². The lowest BCUT2D eigenvalue weighted by Gasteiger charge is -2.02. The summed E-state index contributed by atoms with van der Waals surface area (Å²) in [6, 6.07) is 9.69. The van der Waals surface area contributed by atoms with Crippen LogP contribution >= 0.6 is 27.5 Å². The highest BCUT2D eigenvalue weighted by Gasteiger charge is 2.14. The highest BCUT2D eigenvalue weighted by Crippen LogP contribution is 2.33. The van der Waals surface area contributed by atoms with Crippen LogP contribution in [-0.2, 0) is 0 Å². The van der Waals surface area contributed by atoms with Crippen molar-refractivity contribution in [2.75, 3.05) is 0 Å². The Morgan fingerprint density at radius 1 is 1.11 bits per heavy atom. The third-order valence-electron chi connectivity index (χ3n) is 2.42. The van der Waals surface area contributed by atoms with Gasteiger partial charge in [0.15, 0.2) is 0 Å². The lowest BCUT2D eigenvalue weighted by molar-refractivity contribution is 1.02. The van der Waals surface area contributed by atoms with Crippen LogP contribution in [-0.4, -0.2) is 20.4 Å². The standard InChI is InChI=1S/C11H6BrClN4.C2H6/c12-10-7-8(13)9(6-4-2-1-3-5-6)14-16-11(7)17-15-10;1-2/h1-5H,(H,15,16,17);1-2H3. The number of rotatable bonds is 1. The first-order valence-electron chi connectivity index (χ1n) is 5.88. The predicted molar refractivity (Wildman–Crippen MR) is 81.2 cm³/mol. The first kappa shape index (κ1) is 14.0. The number of nitrogens with one attached hydrogen (secondary N) is 1. The molecule has 1 aromatic carbocycles. The van der Waals surface area contributed by atoms with Crippen molar-refractivity contribution in [2.45, 2.75) is 13.8 Å². The lowest BCUT2D eigenvalue weighted by atomic mass is 10.1. The molecule has 0 spiro atoms. The minimum absolute atomic E-state index is 0.501. The van der Waals surface area contributed by atoms with Gasteiger partial charge in [-0.3, -0.25) is 5.10 Å². The first-order chi connectivity index (χ1) is 9.27. The van der Waals surface area contributed by atoms with Gasteiger partial charge in [0.25, 0.3) is 0 Å². The van der Waals surface area contributed by atoms with Gasteiger partial charge in [-0.25, -0.2) is 0 Å². The molecule has 0 amide bonds. The van der Waals surface area contributed by atoms with Crippen molar-refractivity contribution in [1.82, 2.24) is 20.4 Å². The Bertz CT molecular complexity index is 682. The molecule has 3 rings (SSSR count). The molecule has 0 fully saturated rings. The Hall–Kier alpha value is -1.46. The summed E-state index contributed by atoms with van der Waals surface area (Å²) in [5, 5.41) is 16.2. The van der Waals surface area contributed by atoms with E-state index in [1.807, 2.05) is 44.2 Å². The fourth-order valence-electron chi connectivity index (χ4n) is 1.62. The number of benzene rings is 1. The number of nitrogens with zero attached hydrogens (tertiary/aromatic N) is 3. The number of fused-ring (bicyclic) bond motifs is 1. The van der Waals surface area contributed by atoms with Crippen molar-refractivity contribution in [1.29, 1.82) is 0 Å². The summed E-state index contributed by atoms with van der Waals surface area (Å²) in [6.45, 7) is 4.00. The second-order valence-corrected chi connectivity index (χ2v) is 4.64. The van der Waals surface area contributed by atoms with Crippen molar-refractivity contribution in [3.8, 4) is 11.3 Å². The minimum atomic E-state index is 0.501. The second kappa shape index (κ2) is 6.12. The maximum absolute atomic E-state index is 6.33. The second-order valence-electron chi connectivity index (χ2n) is 3.46. The van der Waals surface area contributed by atoms with Crippen molar-refractivity contribution in [3.63, 3.8) is 0 Å². The van der Waals surface area contributed by atoms with E-state index < -0.39 is 0 Å². The van der Waals surface area contributed by atoms with Gasteiger partial charge in [0.1, 0.15) is 10.3 Å². The van der Waals surface area contributed by atoms with Crippen LogP contribution in [0.4, 0.5) is 0 Å². The summed E-state index contributed by atoms with van der Waals surface area (Å²) >= 11 is 9.68. The molecule has 19 heavy (non-hydrogen) atoms. The summed E-state index contributed by atoms with van der Waals surface area (Å²) < 4.78 is 0.713. The third kappa shape index (κ3) is 2.62. The fraction of sp³-hybridized carbons (Fsp3) is 0.154. The number of H-pyrrole nitrogens is 1. The zero-order chi connectivity index (χ0) is 13.8. The molecular formula is C13H12BrClN4. The van der Waals surface area contributed by atoms with Gasteiger partial charge in [-0.2, -0.15) is 5.10 Å². The normalized spacial score (nSPS) is 10.1. The van der Waals surface area contributed by atoms with Crippen LogP contribution in [0.3, 0.4) is 0 Å². The Morgan fingerprint density at radius 2 is 1.79 bits per heavy atom. The summed E-state index contributed by atoms with van der Waals surface area (Å²) in [7, 11) is 0. The van der Waals surface area contributed by atoms with Crippen LogP contribution in [0.25, 0.3) is 22.3 Å². The van der Waals surface area contributed by atoms with E-state index in [2.05, 4.69) is 36.3 Å². The maximum Gasteiger partial charge on any atom is 0.205 e. The molecule has 6 heteroatoms. The molecule has 0 saturated heterocycles. The smallest absolute Gasteiger partial charge is 0.205 e. The topological polar surface area (TPSA) is 54.5 Å². The average Bonchev–Trinajstić information content (AvgIpc) is 2.85. The Labute approximate surface area is 124 Å². The molecule has 0 aliphatic carbocycles. The summed E-state index contributed by atoms with van der Waals surface area (Å²) in [4.78, 5) is 0. The zero-order valence-corrected chi connectivity index (χ0v) is 12.8. The summed E-state index contributed by atoms with van der Waals surface area (Å²) in [6.07, 6.45) is 0. The Kier molecular flexibility index (Phi) is 4.50. The van der Waals surface area contributed by atoms with Gasteiger partial charge in [0.2, 0.25) is 5.65 Å². The summed E-state index contributed by atoms with van der Waals surface area (Å²) in [5.74, 6) is 0. The average molecular weight is 340 g/mol. The van der Waals surface area contributed by atoms with Crippen molar-refractivity contribution in [3.05, 3.63) is 40.0 Å². The van der Waals surface area contributed by atoms with Gasteiger partial charge in [-0.15, -0.1) is 10.2 Å². The van der Waals surface area contributed by atoms with Crippen LogP contribution in [0.1, 0.15) is 13.8 Å². The molecule has 0 saturated carbocycles. The molecule has 2 heterocycles. The quantitative estimate of drug-likeness (QED) is 0.712. The SMILES string of the molecule is CC.Clc1c(-c2ccccc2)nnc2n[nH]c(Br)c12. The van der Waals surface area contributed by atoms with E-state index in [4.69, 9.17) is 11.6 Å². The zero-order valence-electron chi connectivity index (χ0n) is 10.5. The highest BCUT2D eigenvalue weighted by molar-refractivity contribution is 9.10. The van der Waals surface area contributed by atoms with Gasteiger partial charge in [-0.05, 0) is 15.9 Å². The molecule has 0 aliphatic heterocycles. The molecule has 0 bridgehead atoms. The van der Waals surface area contributed by atoms with E-state index in [1.54, 1.807) is 0 Å². The highest BCUT2D eigenvalue weighted by atomic mass is 79.9. The molecule has 4 nitrogen and oxygen atoms in total. The molecule has 1 N–H and O–H groups in total. The molecule has 0 unspecified atom stereocenters. The molecule has 3 aromatic rings. The number of hydrogen-bond donors (Lipinski definition) is 1. The summed E-state index contributed by atoms with van der Waals surface area (Å²) in [5.41, 5.74) is 2.09. The van der Waals surface area contributed by atoms with Gasteiger partial charge in [-0.1, -0.05) is 55.8 Å². The van der Waals surface area contributed by atoms with Crippen molar-refractivity contribution < 1.29 is 0 Å². The molecule has 0 atom stereocenters. The van der Waals surface area contributed by atoms with E-state index in [-0.39, 0.29) is 0 Å². The Morgan fingerprint density at radius 3 is 2.47 bits per heavy atom. The molecular weight excluding hydrogens is 328 g/mol. The third-order valence-corrected chi connectivity index (χ3v) is 3.36. The number of hydrogen-bond acceptors (Lipinski definition) is 3. The molecule has 98 valence electrons. The number of aromatic amines is 1. The molecule has 2 aromatic heterocycles. The number of aromatic nitrogens is 4. The van der Waals surface area contributed by atoms with Crippen LogP contribution in [0.5, 0.6) is 0 Å². The Balaban J connectivity index is 0.000000637. The molecule has 0 radical (unpaired) electrons. The maximum atomic E-state index is 6.33. The van der Waals surface area contributed by atoms with Gasteiger partial charge < -0.3 is 0 Å². The first-order valence-corrected chi connectivity index (χ1v) is 7.05. The van der Waals surface area contributed by atoms with E-state index >= 15 is 0 Å². The van der Waals surface area contributed by atoms with Crippen LogP contribution in [0.15, 0.2) is 34.9 Å². The largest absolute Gasteiger partial charge is 0.268 e. The molecule has 0 aliphatic rings. The van der Waals surface area contributed by atoms with Crippen LogP contribution < -0.4 is 0 Å². The number of halogens is 2. The van der Waals surface area contributed by atoms with E-state index in [0.717, 1.165) is 10.9 Å². The minimum Gasteiger partial charge on any atom is -0.268 e. The van der Waals surface area contributed by atoms with E-state index in [1.165, 1.54) is 0 Å². The predicted octanol–water partition coefficient (Wildman–Crippen LogP) is 4.46. The van der Waals surface area contributed by atoms with Crippen LogP contribution in [0.2, 0.25) is 5.02 Å². The van der Waals surface area contributed by atoms with Gasteiger partial charge in [0.05, 0.1) is 10.4 Å². The van der Waals surface area contributed by atoms with Crippen LogP contribution in [0, 0.1) is 0 Å². The van der Waals surface area contributed by atoms with E-state index in [9.17, 15) is 0 Å². The van der Waals surface area contributed by atoms with Gasteiger partial charge in [0, 0.05) is 5.56 Å². The monoisotopic (exact) mass is 338 g/mol. The van der Waals surface area contributed by atoms with Crippen molar-refractivity contribution >= 4 is 38.6 Å². The van der Waals surface area contributed by atoms with E-state index in [0.29, 0.717) is 21.0 Å². The van der Waals surface area contributed by atoms with Crippen molar-refractivity contribution in [2.24, 2.45) is 0 Å². The fourth-order valence-corrected chi connectivity index (χ4v) is 2.52.